The Morgan fingerprint density at radius 3 is 3.00 bits per heavy atom. The Labute approximate surface area is 111 Å². The first-order valence-electron chi connectivity index (χ1n) is 6.31. The number of hydrogen-bond acceptors (Lipinski definition) is 4. The Hall–Kier alpha value is -1.88. The third-order valence-corrected chi connectivity index (χ3v) is 2.63. The van der Waals surface area contributed by atoms with E-state index in [1.54, 1.807) is 18.3 Å². The van der Waals surface area contributed by atoms with E-state index in [0.29, 0.717) is 18.1 Å². The van der Waals surface area contributed by atoms with Crippen LogP contribution in [0.1, 0.15) is 24.7 Å². The van der Waals surface area contributed by atoms with Gasteiger partial charge in [-0.15, -0.1) is 0 Å². The Morgan fingerprint density at radius 1 is 1.37 bits per heavy atom. The highest BCUT2D eigenvalue weighted by Crippen LogP contribution is 2.21. The summed E-state index contributed by atoms with van der Waals surface area (Å²) in [5.74, 6) is 1.03. The molecule has 0 fully saturated rings. The molecule has 1 N–H and O–H groups in total. The molecule has 0 aliphatic carbocycles. The molecular weight excluding hydrogens is 247 g/mol. The SMILES string of the molecule is CCCNCc1cc(F)ccc1OCc1ccno1. The molecule has 5 heteroatoms. The highest BCUT2D eigenvalue weighted by molar-refractivity contribution is 5.34. The quantitative estimate of drug-likeness (QED) is 0.781. The lowest BCUT2D eigenvalue weighted by atomic mass is 10.2. The number of halogens is 1. The molecular formula is C14H17FN2O2. The van der Waals surface area contributed by atoms with Gasteiger partial charge in [0.05, 0.1) is 6.20 Å². The molecule has 4 nitrogen and oxygen atoms in total. The zero-order chi connectivity index (χ0) is 13.5. The Bertz CT molecular complexity index is 500. The summed E-state index contributed by atoms with van der Waals surface area (Å²) < 4.78 is 23.8. The third-order valence-electron chi connectivity index (χ3n) is 2.63. The molecule has 0 saturated carbocycles. The topological polar surface area (TPSA) is 47.3 Å². The first-order chi connectivity index (χ1) is 9.29. The Kier molecular flexibility index (Phi) is 4.92. The number of hydrogen-bond donors (Lipinski definition) is 1. The second kappa shape index (κ2) is 6.89. The number of benzene rings is 1. The van der Waals surface area contributed by atoms with E-state index >= 15 is 0 Å². The van der Waals surface area contributed by atoms with Crippen LogP contribution < -0.4 is 10.1 Å². The van der Waals surface area contributed by atoms with Gasteiger partial charge in [-0.25, -0.2) is 4.39 Å². The Balaban J connectivity index is 2.01. The van der Waals surface area contributed by atoms with Crippen LogP contribution >= 0.6 is 0 Å². The molecule has 0 atom stereocenters. The van der Waals surface area contributed by atoms with E-state index in [1.165, 1.54) is 12.1 Å². The molecule has 2 aromatic rings. The summed E-state index contributed by atoms with van der Waals surface area (Å²) in [7, 11) is 0. The van der Waals surface area contributed by atoms with Crippen LogP contribution in [0.25, 0.3) is 0 Å². The maximum absolute atomic E-state index is 13.3. The van der Waals surface area contributed by atoms with Gasteiger partial charge in [0.25, 0.3) is 0 Å². The van der Waals surface area contributed by atoms with Crippen molar-refractivity contribution in [3.8, 4) is 5.75 Å². The summed E-state index contributed by atoms with van der Waals surface area (Å²) in [6, 6.07) is 6.24. The predicted octanol–water partition coefficient (Wildman–Crippen LogP) is 2.89. The number of aromatic nitrogens is 1. The summed E-state index contributed by atoms with van der Waals surface area (Å²) in [4.78, 5) is 0. The van der Waals surface area contributed by atoms with Gasteiger partial charge in [0.15, 0.2) is 5.76 Å². The lowest BCUT2D eigenvalue weighted by Gasteiger charge is -2.11. The molecule has 1 heterocycles. The fourth-order valence-corrected chi connectivity index (χ4v) is 1.69. The average Bonchev–Trinajstić information content (AvgIpc) is 2.91. The average molecular weight is 264 g/mol. The van der Waals surface area contributed by atoms with Gasteiger partial charge in [-0.1, -0.05) is 12.1 Å². The summed E-state index contributed by atoms with van der Waals surface area (Å²) in [5, 5.41) is 6.83. The molecule has 0 radical (unpaired) electrons. The van der Waals surface area contributed by atoms with Crippen molar-refractivity contribution in [2.24, 2.45) is 0 Å². The molecule has 102 valence electrons. The summed E-state index contributed by atoms with van der Waals surface area (Å²) in [6.45, 7) is 3.84. The number of nitrogens with zero attached hydrogens (tertiary/aromatic N) is 1. The number of rotatable bonds is 7. The highest BCUT2D eigenvalue weighted by atomic mass is 19.1. The van der Waals surface area contributed by atoms with Crippen LogP contribution in [-0.2, 0) is 13.2 Å². The van der Waals surface area contributed by atoms with Gasteiger partial charge in [-0.3, -0.25) is 0 Å². The van der Waals surface area contributed by atoms with E-state index in [2.05, 4.69) is 17.4 Å². The minimum absolute atomic E-state index is 0.264. The maximum atomic E-state index is 13.3. The van der Waals surface area contributed by atoms with E-state index in [9.17, 15) is 4.39 Å². The standard InChI is InChI=1S/C14H17FN2O2/c1-2-6-16-9-11-8-12(15)3-4-14(11)18-10-13-5-7-17-19-13/h3-5,7-8,16H,2,6,9-10H2,1H3. The number of ether oxygens (including phenoxy) is 1. The number of nitrogens with one attached hydrogen (secondary N) is 1. The molecule has 1 aromatic carbocycles. The molecule has 0 unspecified atom stereocenters. The zero-order valence-corrected chi connectivity index (χ0v) is 10.9. The summed E-state index contributed by atoms with van der Waals surface area (Å²) in [6.07, 6.45) is 2.59. The lowest BCUT2D eigenvalue weighted by molar-refractivity contribution is 0.246. The minimum Gasteiger partial charge on any atom is -0.485 e. The van der Waals surface area contributed by atoms with E-state index in [4.69, 9.17) is 9.26 Å². The molecule has 0 spiro atoms. The summed E-state index contributed by atoms with van der Waals surface area (Å²) >= 11 is 0. The normalized spacial score (nSPS) is 10.6. The smallest absolute Gasteiger partial charge is 0.174 e. The molecule has 1 aromatic heterocycles. The largest absolute Gasteiger partial charge is 0.485 e. The zero-order valence-electron chi connectivity index (χ0n) is 10.9. The van der Waals surface area contributed by atoms with Crippen molar-refractivity contribution in [1.82, 2.24) is 10.5 Å². The van der Waals surface area contributed by atoms with Crippen LogP contribution in [0.4, 0.5) is 4.39 Å². The van der Waals surface area contributed by atoms with Gasteiger partial charge in [0, 0.05) is 18.2 Å². The van der Waals surface area contributed by atoms with Crippen LogP contribution in [0.5, 0.6) is 5.75 Å². The van der Waals surface area contributed by atoms with Crippen LogP contribution in [0, 0.1) is 5.82 Å². The monoisotopic (exact) mass is 264 g/mol. The van der Waals surface area contributed by atoms with Crippen molar-refractivity contribution >= 4 is 0 Å². The highest BCUT2D eigenvalue weighted by Gasteiger charge is 2.07. The van der Waals surface area contributed by atoms with Crippen molar-refractivity contribution in [1.29, 1.82) is 0 Å². The molecule has 0 amide bonds. The van der Waals surface area contributed by atoms with Crippen molar-refractivity contribution in [3.05, 3.63) is 47.6 Å². The summed E-state index contributed by atoms with van der Waals surface area (Å²) in [5.41, 5.74) is 0.799. The molecule has 19 heavy (non-hydrogen) atoms. The van der Waals surface area contributed by atoms with Crippen LogP contribution in [0.3, 0.4) is 0 Å². The molecule has 2 rings (SSSR count). The first kappa shape index (κ1) is 13.5. The van der Waals surface area contributed by atoms with Gasteiger partial charge in [0.1, 0.15) is 18.2 Å². The fourth-order valence-electron chi connectivity index (χ4n) is 1.69. The molecule has 0 aliphatic heterocycles. The van der Waals surface area contributed by atoms with Crippen molar-refractivity contribution < 1.29 is 13.7 Å². The second-order valence-corrected chi connectivity index (χ2v) is 4.20. The van der Waals surface area contributed by atoms with Gasteiger partial charge < -0.3 is 14.6 Å². The van der Waals surface area contributed by atoms with E-state index < -0.39 is 0 Å². The van der Waals surface area contributed by atoms with E-state index in [1.807, 2.05) is 0 Å². The van der Waals surface area contributed by atoms with E-state index in [0.717, 1.165) is 18.5 Å². The van der Waals surface area contributed by atoms with Gasteiger partial charge in [-0.2, -0.15) is 0 Å². The minimum atomic E-state index is -0.264. The van der Waals surface area contributed by atoms with Crippen LogP contribution in [0.2, 0.25) is 0 Å². The first-order valence-corrected chi connectivity index (χ1v) is 6.31. The molecule has 0 saturated heterocycles. The van der Waals surface area contributed by atoms with Crippen molar-refractivity contribution in [2.75, 3.05) is 6.54 Å². The van der Waals surface area contributed by atoms with Crippen LogP contribution in [-0.4, -0.2) is 11.7 Å². The van der Waals surface area contributed by atoms with Gasteiger partial charge in [0.2, 0.25) is 0 Å². The van der Waals surface area contributed by atoms with Gasteiger partial charge >= 0.3 is 0 Å². The molecule has 0 bridgehead atoms. The Morgan fingerprint density at radius 2 is 2.26 bits per heavy atom. The van der Waals surface area contributed by atoms with Crippen molar-refractivity contribution in [3.63, 3.8) is 0 Å². The fraction of sp³-hybridized carbons (Fsp3) is 0.357. The molecule has 0 aliphatic rings. The second-order valence-electron chi connectivity index (χ2n) is 4.20. The third kappa shape index (κ3) is 4.06. The van der Waals surface area contributed by atoms with Crippen LogP contribution in [0.15, 0.2) is 35.0 Å². The lowest BCUT2D eigenvalue weighted by Crippen LogP contribution is -2.14. The van der Waals surface area contributed by atoms with E-state index in [-0.39, 0.29) is 12.4 Å². The van der Waals surface area contributed by atoms with Crippen molar-refractivity contribution in [2.45, 2.75) is 26.5 Å². The predicted molar refractivity (Wildman–Crippen MR) is 69.2 cm³/mol. The maximum Gasteiger partial charge on any atom is 0.174 e. The van der Waals surface area contributed by atoms with Gasteiger partial charge in [-0.05, 0) is 31.2 Å².